The molecule has 0 aliphatic carbocycles. The Kier molecular flexibility index (Phi) is 3.42. The van der Waals surface area contributed by atoms with E-state index in [1.165, 1.54) is 32.5 Å². The van der Waals surface area contributed by atoms with Crippen molar-refractivity contribution in [3.8, 4) is 0 Å². The summed E-state index contributed by atoms with van der Waals surface area (Å²) in [6, 6.07) is 0. The van der Waals surface area contributed by atoms with Gasteiger partial charge in [0.1, 0.15) is 6.23 Å². The molecule has 2 aliphatic heterocycles. The largest absolute Gasteiger partial charge is 0.359 e. The predicted molar refractivity (Wildman–Crippen MR) is 57.2 cm³/mol. The van der Waals surface area contributed by atoms with Crippen molar-refractivity contribution < 1.29 is 4.74 Å². The molecule has 0 aromatic heterocycles. The second-order valence-electron chi connectivity index (χ2n) is 4.55. The average Bonchev–Trinajstić information content (AvgIpc) is 2.65. The minimum atomic E-state index is 0.337. The van der Waals surface area contributed by atoms with Crippen LogP contribution in [0, 0.1) is 5.92 Å². The van der Waals surface area contributed by atoms with Gasteiger partial charge in [-0.2, -0.15) is 0 Å². The fraction of sp³-hybridized carbons (Fsp3) is 1.00. The zero-order valence-corrected chi connectivity index (χ0v) is 9.33. The van der Waals surface area contributed by atoms with E-state index < -0.39 is 0 Å². The van der Waals surface area contributed by atoms with Crippen molar-refractivity contribution in [2.45, 2.75) is 39.0 Å². The van der Waals surface area contributed by atoms with Gasteiger partial charge in [0.25, 0.3) is 0 Å². The van der Waals surface area contributed by atoms with Crippen LogP contribution in [0.1, 0.15) is 26.7 Å². The third-order valence-electron chi connectivity index (χ3n) is 3.49. The van der Waals surface area contributed by atoms with Gasteiger partial charge in [-0.25, -0.2) is 0 Å². The Balaban J connectivity index is 1.78. The Morgan fingerprint density at radius 1 is 1.36 bits per heavy atom. The SMILES string of the molecule is CCN1CCC(C2NCC(C)O2)CC1. The van der Waals surface area contributed by atoms with Crippen molar-refractivity contribution in [2.75, 3.05) is 26.2 Å². The third-order valence-corrected chi connectivity index (χ3v) is 3.49. The van der Waals surface area contributed by atoms with E-state index in [4.69, 9.17) is 4.74 Å². The summed E-state index contributed by atoms with van der Waals surface area (Å²) in [4.78, 5) is 2.52. The van der Waals surface area contributed by atoms with E-state index in [1.807, 2.05) is 0 Å². The molecule has 2 unspecified atom stereocenters. The third kappa shape index (κ3) is 2.27. The zero-order valence-electron chi connectivity index (χ0n) is 9.33. The van der Waals surface area contributed by atoms with Gasteiger partial charge in [0.2, 0.25) is 0 Å². The molecule has 3 heteroatoms. The average molecular weight is 198 g/mol. The molecule has 0 amide bonds. The maximum Gasteiger partial charge on any atom is 0.111 e. The van der Waals surface area contributed by atoms with Crippen molar-refractivity contribution in [3.05, 3.63) is 0 Å². The van der Waals surface area contributed by atoms with Crippen LogP contribution in [0.4, 0.5) is 0 Å². The summed E-state index contributed by atoms with van der Waals surface area (Å²) in [6.45, 7) is 9.11. The molecule has 2 aliphatic rings. The van der Waals surface area contributed by atoms with Gasteiger partial charge >= 0.3 is 0 Å². The lowest BCUT2D eigenvalue weighted by Crippen LogP contribution is -2.41. The number of piperidine rings is 1. The van der Waals surface area contributed by atoms with Gasteiger partial charge in [-0.15, -0.1) is 0 Å². The first kappa shape index (κ1) is 10.4. The van der Waals surface area contributed by atoms with Crippen LogP contribution in [0.15, 0.2) is 0 Å². The number of ether oxygens (including phenoxy) is 1. The molecule has 0 saturated carbocycles. The van der Waals surface area contributed by atoms with Gasteiger partial charge in [-0.3, -0.25) is 5.32 Å². The van der Waals surface area contributed by atoms with Crippen LogP contribution in [0.2, 0.25) is 0 Å². The standard InChI is InChI=1S/C11H22N2O/c1-3-13-6-4-10(5-7-13)11-12-8-9(2)14-11/h9-12H,3-8H2,1-2H3. The van der Waals surface area contributed by atoms with Gasteiger partial charge in [-0.1, -0.05) is 6.92 Å². The molecule has 0 spiro atoms. The molecule has 14 heavy (non-hydrogen) atoms. The Hall–Kier alpha value is -0.120. The summed E-state index contributed by atoms with van der Waals surface area (Å²) in [7, 11) is 0. The highest BCUT2D eigenvalue weighted by Crippen LogP contribution is 2.24. The predicted octanol–water partition coefficient (Wildman–Crippen LogP) is 1.05. The molecule has 2 heterocycles. The summed E-state index contributed by atoms with van der Waals surface area (Å²) >= 11 is 0. The fourth-order valence-corrected chi connectivity index (χ4v) is 2.48. The van der Waals surface area contributed by atoms with E-state index in [0.29, 0.717) is 12.3 Å². The van der Waals surface area contributed by atoms with E-state index in [1.54, 1.807) is 0 Å². The molecule has 0 radical (unpaired) electrons. The van der Waals surface area contributed by atoms with E-state index in [2.05, 4.69) is 24.1 Å². The van der Waals surface area contributed by atoms with E-state index in [-0.39, 0.29) is 0 Å². The summed E-state index contributed by atoms with van der Waals surface area (Å²) < 4.78 is 5.84. The molecule has 2 atom stereocenters. The van der Waals surface area contributed by atoms with Crippen molar-refractivity contribution in [2.24, 2.45) is 5.92 Å². The number of nitrogens with zero attached hydrogens (tertiary/aromatic N) is 1. The van der Waals surface area contributed by atoms with Gasteiger partial charge in [-0.05, 0) is 39.4 Å². The number of hydrogen-bond acceptors (Lipinski definition) is 3. The molecular formula is C11H22N2O. The lowest BCUT2D eigenvalue weighted by Gasteiger charge is -2.33. The first-order valence-corrected chi connectivity index (χ1v) is 5.90. The van der Waals surface area contributed by atoms with Gasteiger partial charge in [0, 0.05) is 12.5 Å². The molecule has 2 fully saturated rings. The van der Waals surface area contributed by atoms with Crippen LogP contribution < -0.4 is 5.32 Å². The maximum absolute atomic E-state index is 5.84. The molecule has 0 aromatic carbocycles. The Labute approximate surface area is 86.8 Å². The number of hydrogen-bond donors (Lipinski definition) is 1. The molecule has 2 saturated heterocycles. The van der Waals surface area contributed by atoms with Crippen LogP contribution in [-0.4, -0.2) is 43.4 Å². The van der Waals surface area contributed by atoms with E-state index >= 15 is 0 Å². The van der Waals surface area contributed by atoms with Crippen LogP contribution in [0.3, 0.4) is 0 Å². The topological polar surface area (TPSA) is 24.5 Å². The first-order chi connectivity index (χ1) is 6.79. The normalized spacial score (nSPS) is 36.4. The minimum Gasteiger partial charge on any atom is -0.359 e. The van der Waals surface area contributed by atoms with Crippen molar-refractivity contribution in [3.63, 3.8) is 0 Å². The van der Waals surface area contributed by atoms with Crippen LogP contribution in [0.25, 0.3) is 0 Å². The molecule has 82 valence electrons. The lowest BCUT2D eigenvalue weighted by molar-refractivity contribution is -0.00762. The smallest absolute Gasteiger partial charge is 0.111 e. The highest BCUT2D eigenvalue weighted by molar-refractivity contribution is 4.81. The molecular weight excluding hydrogens is 176 g/mol. The maximum atomic E-state index is 5.84. The van der Waals surface area contributed by atoms with E-state index in [0.717, 1.165) is 12.5 Å². The molecule has 3 nitrogen and oxygen atoms in total. The Bertz CT molecular complexity index is 178. The lowest BCUT2D eigenvalue weighted by atomic mass is 9.95. The molecule has 1 N–H and O–H groups in total. The zero-order chi connectivity index (χ0) is 9.97. The summed E-state index contributed by atoms with van der Waals surface area (Å²) in [6.07, 6.45) is 3.32. The van der Waals surface area contributed by atoms with Crippen molar-refractivity contribution in [1.82, 2.24) is 10.2 Å². The summed E-state index contributed by atoms with van der Waals surface area (Å²) in [5.41, 5.74) is 0. The highest BCUT2D eigenvalue weighted by atomic mass is 16.5. The first-order valence-electron chi connectivity index (χ1n) is 5.90. The number of likely N-dealkylation sites (tertiary alicyclic amines) is 1. The summed E-state index contributed by atoms with van der Waals surface area (Å²) in [5, 5.41) is 3.47. The Morgan fingerprint density at radius 2 is 2.07 bits per heavy atom. The van der Waals surface area contributed by atoms with Crippen LogP contribution in [0.5, 0.6) is 0 Å². The molecule has 0 bridgehead atoms. The minimum absolute atomic E-state index is 0.337. The molecule has 2 rings (SSSR count). The van der Waals surface area contributed by atoms with E-state index in [9.17, 15) is 0 Å². The fourth-order valence-electron chi connectivity index (χ4n) is 2.48. The monoisotopic (exact) mass is 198 g/mol. The van der Waals surface area contributed by atoms with Crippen LogP contribution >= 0.6 is 0 Å². The second kappa shape index (κ2) is 4.60. The van der Waals surface area contributed by atoms with Gasteiger partial charge < -0.3 is 9.64 Å². The van der Waals surface area contributed by atoms with Gasteiger partial charge in [0.15, 0.2) is 0 Å². The van der Waals surface area contributed by atoms with Gasteiger partial charge in [0.05, 0.1) is 6.10 Å². The molecule has 0 aromatic rings. The number of rotatable bonds is 2. The van der Waals surface area contributed by atoms with Crippen molar-refractivity contribution >= 4 is 0 Å². The van der Waals surface area contributed by atoms with Crippen LogP contribution in [-0.2, 0) is 4.74 Å². The van der Waals surface area contributed by atoms with Crippen molar-refractivity contribution in [1.29, 1.82) is 0 Å². The number of nitrogens with one attached hydrogen (secondary N) is 1. The quantitative estimate of drug-likeness (QED) is 0.718. The second-order valence-corrected chi connectivity index (χ2v) is 4.55. The summed E-state index contributed by atoms with van der Waals surface area (Å²) in [5.74, 6) is 0.739. The Morgan fingerprint density at radius 3 is 2.57 bits per heavy atom. The highest BCUT2D eigenvalue weighted by Gasteiger charge is 2.31.